The van der Waals surface area contributed by atoms with Gasteiger partial charge in [0, 0.05) is 38.1 Å². The van der Waals surface area contributed by atoms with Gasteiger partial charge in [0.25, 0.3) is 5.91 Å². The van der Waals surface area contributed by atoms with Gasteiger partial charge in [-0.15, -0.1) is 0 Å². The van der Waals surface area contributed by atoms with Crippen molar-refractivity contribution in [1.82, 2.24) is 19.6 Å². The molecule has 130 valence electrons. The van der Waals surface area contributed by atoms with E-state index in [0.29, 0.717) is 29.7 Å². The predicted octanol–water partition coefficient (Wildman–Crippen LogP) is 2.42. The highest BCUT2D eigenvalue weighted by atomic mass is 16.5. The van der Waals surface area contributed by atoms with Crippen LogP contribution in [0.25, 0.3) is 0 Å². The van der Waals surface area contributed by atoms with Crippen LogP contribution in [0.15, 0.2) is 10.7 Å². The number of methoxy groups -OCH3 is 1. The number of carbonyl (C=O) groups excluding carboxylic acids is 1. The van der Waals surface area contributed by atoms with Gasteiger partial charge in [-0.05, 0) is 33.6 Å². The zero-order chi connectivity index (χ0) is 17.3. The van der Waals surface area contributed by atoms with Gasteiger partial charge in [-0.1, -0.05) is 5.16 Å². The standard InChI is InChI=1S/C17H24N4O3/c1-11-9-18-15(10-23-4)21(11)14-5-7-20(8-6-14)17(22)16-12(2)19-24-13(16)3/h9,14H,5-8,10H2,1-4H3. The second kappa shape index (κ2) is 6.76. The van der Waals surface area contributed by atoms with Gasteiger partial charge in [0.1, 0.15) is 23.8 Å². The van der Waals surface area contributed by atoms with Crippen LogP contribution < -0.4 is 0 Å². The fourth-order valence-electron chi connectivity index (χ4n) is 3.50. The van der Waals surface area contributed by atoms with Crippen LogP contribution in [-0.4, -0.2) is 45.7 Å². The molecule has 2 aromatic heterocycles. The first-order chi connectivity index (χ1) is 11.5. The highest BCUT2D eigenvalue weighted by Gasteiger charge is 2.29. The average molecular weight is 332 g/mol. The van der Waals surface area contributed by atoms with E-state index in [1.807, 2.05) is 18.0 Å². The number of imidazole rings is 1. The molecule has 3 rings (SSSR count). The Morgan fingerprint density at radius 2 is 2.04 bits per heavy atom. The van der Waals surface area contributed by atoms with Crippen molar-refractivity contribution in [1.29, 1.82) is 0 Å². The summed E-state index contributed by atoms with van der Waals surface area (Å²) in [7, 11) is 1.68. The molecule has 0 atom stereocenters. The summed E-state index contributed by atoms with van der Waals surface area (Å²) in [5, 5.41) is 3.88. The third-order valence-corrected chi connectivity index (χ3v) is 4.70. The number of aromatic nitrogens is 3. The molecule has 1 amide bonds. The number of rotatable bonds is 4. The van der Waals surface area contributed by atoms with E-state index < -0.39 is 0 Å². The zero-order valence-corrected chi connectivity index (χ0v) is 14.7. The summed E-state index contributed by atoms with van der Waals surface area (Å²) in [6.45, 7) is 7.60. The van der Waals surface area contributed by atoms with Crippen LogP contribution in [0.1, 0.15) is 52.2 Å². The van der Waals surface area contributed by atoms with Crippen LogP contribution >= 0.6 is 0 Å². The number of aryl methyl sites for hydroxylation is 3. The number of likely N-dealkylation sites (tertiary alicyclic amines) is 1. The molecule has 0 aromatic carbocycles. The fraction of sp³-hybridized carbons (Fsp3) is 0.588. The van der Waals surface area contributed by atoms with Crippen LogP contribution in [0.5, 0.6) is 0 Å². The van der Waals surface area contributed by atoms with Gasteiger partial charge in [0.15, 0.2) is 0 Å². The van der Waals surface area contributed by atoms with Gasteiger partial charge < -0.3 is 18.7 Å². The van der Waals surface area contributed by atoms with Crippen molar-refractivity contribution < 1.29 is 14.1 Å². The van der Waals surface area contributed by atoms with Crippen molar-refractivity contribution in [3.8, 4) is 0 Å². The lowest BCUT2D eigenvalue weighted by Gasteiger charge is -2.33. The molecule has 2 aromatic rings. The van der Waals surface area contributed by atoms with Crippen LogP contribution in [0.3, 0.4) is 0 Å². The first kappa shape index (κ1) is 16.7. The maximum atomic E-state index is 12.7. The Morgan fingerprint density at radius 3 is 2.62 bits per heavy atom. The largest absolute Gasteiger partial charge is 0.377 e. The number of nitrogens with zero attached hydrogens (tertiary/aromatic N) is 4. The molecule has 1 aliphatic rings. The number of ether oxygens (including phenoxy) is 1. The van der Waals surface area contributed by atoms with E-state index in [1.165, 1.54) is 0 Å². The molecule has 0 radical (unpaired) electrons. The summed E-state index contributed by atoms with van der Waals surface area (Å²) >= 11 is 0. The Labute approximate surface area is 141 Å². The second-order valence-electron chi connectivity index (χ2n) is 6.34. The van der Waals surface area contributed by atoms with Crippen molar-refractivity contribution in [3.05, 3.63) is 34.7 Å². The Bertz CT molecular complexity index is 707. The quantitative estimate of drug-likeness (QED) is 0.860. The SMILES string of the molecule is COCc1ncc(C)n1C1CCN(C(=O)c2c(C)noc2C)CC1. The topological polar surface area (TPSA) is 73.4 Å². The highest BCUT2D eigenvalue weighted by molar-refractivity contribution is 5.96. The number of amides is 1. The Morgan fingerprint density at radius 1 is 1.33 bits per heavy atom. The molecule has 1 fully saturated rings. The van der Waals surface area contributed by atoms with Crippen LogP contribution in [-0.2, 0) is 11.3 Å². The minimum Gasteiger partial charge on any atom is -0.377 e. The zero-order valence-electron chi connectivity index (χ0n) is 14.7. The number of piperidine rings is 1. The molecule has 3 heterocycles. The lowest BCUT2D eigenvalue weighted by Crippen LogP contribution is -2.39. The maximum absolute atomic E-state index is 12.7. The molecule has 7 heteroatoms. The summed E-state index contributed by atoms with van der Waals surface area (Å²) < 4.78 is 12.6. The fourth-order valence-corrected chi connectivity index (χ4v) is 3.50. The summed E-state index contributed by atoms with van der Waals surface area (Å²) in [5.74, 6) is 1.56. The Hall–Kier alpha value is -2.15. The number of hydrogen-bond donors (Lipinski definition) is 0. The molecular formula is C17H24N4O3. The lowest BCUT2D eigenvalue weighted by molar-refractivity contribution is 0.0687. The molecule has 1 aliphatic heterocycles. The Balaban J connectivity index is 1.70. The highest BCUT2D eigenvalue weighted by Crippen LogP contribution is 2.27. The molecule has 0 saturated carbocycles. The summed E-state index contributed by atoms with van der Waals surface area (Å²) in [5.41, 5.74) is 2.40. The number of hydrogen-bond acceptors (Lipinski definition) is 5. The maximum Gasteiger partial charge on any atom is 0.259 e. The molecule has 1 saturated heterocycles. The molecule has 0 spiro atoms. The molecular weight excluding hydrogens is 308 g/mol. The second-order valence-corrected chi connectivity index (χ2v) is 6.34. The van der Waals surface area contributed by atoms with Crippen LogP contribution in [0.4, 0.5) is 0 Å². The lowest BCUT2D eigenvalue weighted by atomic mass is 10.0. The minimum absolute atomic E-state index is 0.0177. The van der Waals surface area contributed by atoms with Gasteiger partial charge in [-0.25, -0.2) is 4.98 Å². The molecule has 7 nitrogen and oxygen atoms in total. The molecule has 24 heavy (non-hydrogen) atoms. The molecule has 0 aliphatic carbocycles. The Kier molecular flexibility index (Phi) is 4.71. The van der Waals surface area contributed by atoms with E-state index in [9.17, 15) is 4.79 Å². The van der Waals surface area contributed by atoms with Gasteiger partial charge in [-0.3, -0.25) is 4.79 Å². The molecule has 0 bridgehead atoms. The van der Waals surface area contributed by atoms with Gasteiger partial charge in [-0.2, -0.15) is 0 Å². The van der Waals surface area contributed by atoms with E-state index >= 15 is 0 Å². The van der Waals surface area contributed by atoms with E-state index in [-0.39, 0.29) is 5.91 Å². The molecule has 0 unspecified atom stereocenters. The molecule has 0 N–H and O–H groups in total. The number of carbonyl (C=O) groups is 1. The van der Waals surface area contributed by atoms with Gasteiger partial charge in [0.05, 0.1) is 5.69 Å². The normalized spacial score (nSPS) is 15.9. The third-order valence-electron chi connectivity index (χ3n) is 4.70. The van der Waals surface area contributed by atoms with Crippen molar-refractivity contribution in [3.63, 3.8) is 0 Å². The van der Waals surface area contributed by atoms with Gasteiger partial charge in [0.2, 0.25) is 0 Å². The van der Waals surface area contributed by atoms with Crippen molar-refractivity contribution in [2.24, 2.45) is 0 Å². The summed E-state index contributed by atoms with van der Waals surface area (Å²) in [4.78, 5) is 19.0. The smallest absolute Gasteiger partial charge is 0.259 e. The summed E-state index contributed by atoms with van der Waals surface area (Å²) in [6.07, 6.45) is 3.70. The van der Waals surface area contributed by atoms with Crippen LogP contribution in [0.2, 0.25) is 0 Å². The van der Waals surface area contributed by atoms with Crippen molar-refractivity contribution in [2.75, 3.05) is 20.2 Å². The monoisotopic (exact) mass is 332 g/mol. The average Bonchev–Trinajstić information content (AvgIpc) is 3.10. The summed E-state index contributed by atoms with van der Waals surface area (Å²) in [6, 6.07) is 0.353. The van der Waals surface area contributed by atoms with E-state index in [4.69, 9.17) is 9.26 Å². The van der Waals surface area contributed by atoms with Crippen molar-refractivity contribution in [2.45, 2.75) is 46.3 Å². The van der Waals surface area contributed by atoms with Gasteiger partial charge >= 0.3 is 0 Å². The van der Waals surface area contributed by atoms with Crippen molar-refractivity contribution >= 4 is 5.91 Å². The first-order valence-electron chi connectivity index (χ1n) is 8.26. The van der Waals surface area contributed by atoms with E-state index in [1.54, 1.807) is 14.0 Å². The first-order valence-corrected chi connectivity index (χ1v) is 8.26. The van der Waals surface area contributed by atoms with E-state index in [0.717, 1.165) is 37.4 Å². The predicted molar refractivity (Wildman–Crippen MR) is 87.8 cm³/mol. The third kappa shape index (κ3) is 2.96. The van der Waals surface area contributed by atoms with E-state index in [2.05, 4.69) is 21.6 Å². The van der Waals surface area contributed by atoms with Crippen LogP contribution in [0, 0.1) is 20.8 Å². The minimum atomic E-state index is 0.0177.